The lowest BCUT2D eigenvalue weighted by Gasteiger charge is -2.34. The number of carbonyl (C=O) groups is 1. The van der Waals surface area contributed by atoms with Crippen LogP contribution in [0.15, 0.2) is 35.2 Å². The quantitative estimate of drug-likeness (QED) is 0.849. The van der Waals surface area contributed by atoms with Gasteiger partial charge in [0.05, 0.1) is 5.75 Å². The molecule has 0 aromatic heterocycles. The molecule has 18 heavy (non-hydrogen) atoms. The minimum Gasteiger partial charge on any atom is -0.340 e. The minimum absolute atomic E-state index is 0.138. The Bertz CT molecular complexity index is 386. The summed E-state index contributed by atoms with van der Waals surface area (Å²) < 4.78 is 0. The highest BCUT2D eigenvalue weighted by atomic mass is 32.2. The van der Waals surface area contributed by atoms with E-state index < -0.39 is 0 Å². The van der Waals surface area contributed by atoms with Crippen LogP contribution in [-0.2, 0) is 4.79 Å². The Morgan fingerprint density at radius 2 is 2.11 bits per heavy atom. The average Bonchev–Trinajstić information content (AvgIpc) is 2.36. The summed E-state index contributed by atoms with van der Waals surface area (Å²) in [5.74, 6) is 1.22. The van der Waals surface area contributed by atoms with Gasteiger partial charge in [0.15, 0.2) is 0 Å². The summed E-state index contributed by atoms with van der Waals surface area (Å²) in [6.45, 7) is 3.71. The van der Waals surface area contributed by atoms with E-state index in [1.807, 2.05) is 35.2 Å². The highest BCUT2D eigenvalue weighted by Crippen LogP contribution is 2.20. The fraction of sp³-hybridized carbons (Fsp3) is 0.500. The zero-order valence-corrected chi connectivity index (χ0v) is 11.5. The van der Waals surface area contributed by atoms with Gasteiger partial charge >= 0.3 is 0 Å². The van der Waals surface area contributed by atoms with E-state index in [9.17, 15) is 4.79 Å². The molecular formula is C14H20N2OS. The maximum atomic E-state index is 12.1. The van der Waals surface area contributed by atoms with Crippen LogP contribution in [0.5, 0.6) is 0 Å². The van der Waals surface area contributed by atoms with Crippen LogP contribution in [0.1, 0.15) is 13.3 Å². The molecule has 2 atom stereocenters. The lowest BCUT2D eigenvalue weighted by atomic mass is 9.97. The molecule has 1 aromatic carbocycles. The third-order valence-corrected chi connectivity index (χ3v) is 4.15. The molecule has 2 unspecified atom stereocenters. The van der Waals surface area contributed by atoms with Gasteiger partial charge in [-0.05, 0) is 24.5 Å². The summed E-state index contributed by atoms with van der Waals surface area (Å²) in [5, 5.41) is 0. The van der Waals surface area contributed by atoms with E-state index in [0.29, 0.717) is 18.2 Å². The van der Waals surface area contributed by atoms with Crippen molar-refractivity contribution < 1.29 is 4.79 Å². The minimum atomic E-state index is 0.138. The number of nitrogens with two attached hydrogens (primary N) is 1. The van der Waals surface area contributed by atoms with Gasteiger partial charge in [-0.15, -0.1) is 11.8 Å². The van der Waals surface area contributed by atoms with E-state index in [1.165, 1.54) is 0 Å². The molecule has 1 fully saturated rings. The van der Waals surface area contributed by atoms with Crippen molar-refractivity contribution in [3.63, 3.8) is 0 Å². The number of hydrogen-bond acceptors (Lipinski definition) is 3. The van der Waals surface area contributed by atoms with Crippen LogP contribution < -0.4 is 5.73 Å². The summed E-state index contributed by atoms with van der Waals surface area (Å²) in [7, 11) is 0. The third-order valence-electron chi connectivity index (χ3n) is 3.15. The predicted octanol–water partition coefficient (Wildman–Crippen LogP) is 1.97. The molecule has 2 rings (SSSR count). The van der Waals surface area contributed by atoms with E-state index in [4.69, 9.17) is 5.73 Å². The molecule has 0 bridgehead atoms. The summed E-state index contributed by atoms with van der Waals surface area (Å²) >= 11 is 1.59. The Hall–Kier alpha value is -1.00. The first kappa shape index (κ1) is 13.4. The number of thioether (sulfide) groups is 1. The lowest BCUT2D eigenvalue weighted by Crippen LogP contribution is -2.49. The molecule has 1 saturated heterocycles. The number of nitrogens with zero attached hydrogens (tertiary/aromatic N) is 1. The van der Waals surface area contributed by atoms with E-state index in [0.717, 1.165) is 17.9 Å². The SMILES string of the molecule is CC1CC(N)CN(C(=O)CSc2ccccc2)C1. The van der Waals surface area contributed by atoms with Gasteiger partial charge in [0.2, 0.25) is 5.91 Å². The molecule has 2 N–H and O–H groups in total. The summed E-state index contributed by atoms with van der Waals surface area (Å²) in [6.07, 6.45) is 1.02. The fourth-order valence-electron chi connectivity index (χ4n) is 2.36. The number of benzene rings is 1. The second kappa shape index (κ2) is 6.25. The van der Waals surface area contributed by atoms with Gasteiger partial charge in [-0.3, -0.25) is 4.79 Å². The zero-order valence-electron chi connectivity index (χ0n) is 10.7. The van der Waals surface area contributed by atoms with Crippen LogP contribution in [-0.4, -0.2) is 35.7 Å². The average molecular weight is 264 g/mol. The van der Waals surface area contributed by atoms with Crippen LogP contribution in [0, 0.1) is 5.92 Å². The van der Waals surface area contributed by atoms with Crippen molar-refractivity contribution in [2.75, 3.05) is 18.8 Å². The van der Waals surface area contributed by atoms with Gasteiger partial charge < -0.3 is 10.6 Å². The molecule has 1 aliphatic heterocycles. The third kappa shape index (κ3) is 3.75. The monoisotopic (exact) mass is 264 g/mol. The molecule has 0 aliphatic carbocycles. The molecular weight excluding hydrogens is 244 g/mol. The molecule has 3 nitrogen and oxygen atoms in total. The number of piperidine rings is 1. The molecule has 1 amide bonds. The van der Waals surface area contributed by atoms with Crippen LogP contribution in [0.4, 0.5) is 0 Å². The standard InChI is InChI=1S/C14H20N2OS/c1-11-7-12(15)9-16(8-11)14(17)10-18-13-5-3-2-4-6-13/h2-6,11-12H,7-10,15H2,1H3. The number of likely N-dealkylation sites (tertiary alicyclic amines) is 1. The number of rotatable bonds is 3. The number of carbonyl (C=O) groups excluding carboxylic acids is 1. The lowest BCUT2D eigenvalue weighted by molar-refractivity contribution is -0.130. The molecule has 4 heteroatoms. The first-order valence-corrected chi connectivity index (χ1v) is 7.35. The molecule has 0 radical (unpaired) electrons. The Labute approximate surface area is 113 Å². The van der Waals surface area contributed by atoms with Gasteiger partial charge in [-0.1, -0.05) is 25.1 Å². The maximum Gasteiger partial charge on any atom is 0.232 e. The summed E-state index contributed by atoms with van der Waals surface area (Å²) in [5.41, 5.74) is 5.96. The van der Waals surface area contributed by atoms with Gasteiger partial charge in [-0.2, -0.15) is 0 Å². The van der Waals surface area contributed by atoms with Crippen molar-refractivity contribution in [1.29, 1.82) is 0 Å². The van der Waals surface area contributed by atoms with Crippen LogP contribution in [0.3, 0.4) is 0 Å². The fourth-order valence-corrected chi connectivity index (χ4v) is 3.18. The largest absolute Gasteiger partial charge is 0.340 e. The second-order valence-electron chi connectivity index (χ2n) is 5.00. The van der Waals surface area contributed by atoms with E-state index >= 15 is 0 Å². The van der Waals surface area contributed by atoms with Crippen molar-refractivity contribution in [2.45, 2.75) is 24.3 Å². The molecule has 0 saturated carbocycles. The Morgan fingerprint density at radius 1 is 1.39 bits per heavy atom. The Balaban J connectivity index is 1.84. The Kier molecular flexibility index (Phi) is 4.66. The van der Waals surface area contributed by atoms with E-state index in [1.54, 1.807) is 11.8 Å². The molecule has 98 valence electrons. The van der Waals surface area contributed by atoms with Crippen LogP contribution in [0.2, 0.25) is 0 Å². The van der Waals surface area contributed by atoms with Gasteiger partial charge in [0.1, 0.15) is 0 Å². The van der Waals surface area contributed by atoms with Crippen molar-refractivity contribution in [2.24, 2.45) is 11.7 Å². The normalized spacial score (nSPS) is 24.0. The highest BCUT2D eigenvalue weighted by molar-refractivity contribution is 8.00. The zero-order chi connectivity index (χ0) is 13.0. The predicted molar refractivity (Wildman–Crippen MR) is 75.5 cm³/mol. The second-order valence-corrected chi connectivity index (χ2v) is 6.05. The van der Waals surface area contributed by atoms with Crippen molar-refractivity contribution in [1.82, 2.24) is 4.90 Å². The molecule has 1 heterocycles. The highest BCUT2D eigenvalue weighted by Gasteiger charge is 2.25. The van der Waals surface area contributed by atoms with Crippen molar-refractivity contribution in [3.05, 3.63) is 30.3 Å². The summed E-state index contributed by atoms with van der Waals surface area (Å²) in [4.78, 5) is 15.2. The first-order chi connectivity index (χ1) is 8.65. The van der Waals surface area contributed by atoms with Gasteiger partial charge in [0.25, 0.3) is 0 Å². The molecule has 1 aromatic rings. The van der Waals surface area contributed by atoms with Gasteiger partial charge in [0, 0.05) is 24.0 Å². The van der Waals surface area contributed by atoms with E-state index in [2.05, 4.69) is 6.92 Å². The van der Waals surface area contributed by atoms with Crippen LogP contribution in [0.25, 0.3) is 0 Å². The number of hydrogen-bond donors (Lipinski definition) is 1. The van der Waals surface area contributed by atoms with Crippen molar-refractivity contribution >= 4 is 17.7 Å². The van der Waals surface area contributed by atoms with Crippen LogP contribution >= 0.6 is 11.8 Å². The number of amides is 1. The first-order valence-electron chi connectivity index (χ1n) is 6.36. The smallest absolute Gasteiger partial charge is 0.232 e. The maximum absolute atomic E-state index is 12.1. The Morgan fingerprint density at radius 3 is 2.78 bits per heavy atom. The van der Waals surface area contributed by atoms with Crippen molar-refractivity contribution in [3.8, 4) is 0 Å². The molecule has 0 spiro atoms. The molecule has 1 aliphatic rings. The summed E-state index contributed by atoms with van der Waals surface area (Å²) in [6, 6.07) is 10.2. The van der Waals surface area contributed by atoms with E-state index in [-0.39, 0.29) is 11.9 Å². The van der Waals surface area contributed by atoms with Gasteiger partial charge in [-0.25, -0.2) is 0 Å². The topological polar surface area (TPSA) is 46.3 Å².